The Labute approximate surface area is 183 Å². The fourth-order valence-electron chi connectivity index (χ4n) is 3.97. The molecule has 1 aliphatic heterocycles. The fraction of sp³-hybridized carbons (Fsp3) is 1.00. The van der Waals surface area contributed by atoms with Crippen molar-refractivity contribution in [2.75, 3.05) is 26.8 Å². The maximum atomic E-state index is 6.39. The molecule has 1 heterocycles. The molecule has 0 amide bonds. The van der Waals surface area contributed by atoms with Gasteiger partial charge in [-0.15, -0.1) is 0 Å². The maximum absolute atomic E-state index is 6.39. The van der Waals surface area contributed by atoms with Gasteiger partial charge in [0.05, 0.1) is 18.4 Å². The molecule has 0 aromatic carbocycles. The lowest BCUT2D eigenvalue weighted by Gasteiger charge is -2.40. The van der Waals surface area contributed by atoms with Crippen LogP contribution in [0.2, 0.25) is 0 Å². The highest BCUT2D eigenvalue weighted by atomic mass is 16.6. The summed E-state index contributed by atoms with van der Waals surface area (Å²) in [4.78, 5) is 0. The predicted molar refractivity (Wildman–Crippen MR) is 124 cm³/mol. The topological polar surface area (TPSA) is 173 Å². The van der Waals surface area contributed by atoms with Crippen LogP contribution in [0, 0.1) is 0 Å². The standard InChI is InChI=1S/C21H49N7O2/c1-20(2,30-14-21(3,26)29-4)8-5-19-27-17(7-10-23)13-18(28-19)12-16(25)11-15(24)6-9-22/h15-19,27-28H,5-14,22-26H2,1-4H3. The second kappa shape index (κ2) is 13.2. The van der Waals surface area contributed by atoms with E-state index in [1.807, 2.05) is 6.92 Å². The van der Waals surface area contributed by atoms with E-state index in [2.05, 4.69) is 24.5 Å². The summed E-state index contributed by atoms with van der Waals surface area (Å²) >= 11 is 0. The van der Waals surface area contributed by atoms with Gasteiger partial charge in [0.2, 0.25) is 0 Å². The smallest absolute Gasteiger partial charge is 0.137 e. The minimum absolute atomic E-state index is 0.0670. The lowest BCUT2D eigenvalue weighted by molar-refractivity contribution is -0.115. The number of hydrogen-bond donors (Lipinski definition) is 7. The van der Waals surface area contributed by atoms with Crippen LogP contribution < -0.4 is 39.3 Å². The van der Waals surface area contributed by atoms with Crippen molar-refractivity contribution < 1.29 is 9.47 Å². The van der Waals surface area contributed by atoms with Gasteiger partial charge in [-0.05, 0) is 78.8 Å². The summed E-state index contributed by atoms with van der Waals surface area (Å²) < 4.78 is 11.3. The molecule has 0 aliphatic carbocycles. The van der Waals surface area contributed by atoms with Gasteiger partial charge in [-0.3, -0.25) is 10.6 Å². The molecule has 9 nitrogen and oxygen atoms in total. The van der Waals surface area contributed by atoms with Crippen molar-refractivity contribution in [3.05, 3.63) is 0 Å². The summed E-state index contributed by atoms with van der Waals surface area (Å²) in [5.74, 6) is 0. The van der Waals surface area contributed by atoms with Gasteiger partial charge < -0.3 is 38.1 Å². The molecule has 12 N–H and O–H groups in total. The number of rotatable bonds is 15. The Balaban J connectivity index is 2.57. The zero-order valence-corrected chi connectivity index (χ0v) is 19.7. The van der Waals surface area contributed by atoms with Crippen LogP contribution in [0.3, 0.4) is 0 Å². The largest absolute Gasteiger partial charge is 0.371 e. The third-order valence-corrected chi connectivity index (χ3v) is 5.94. The highest BCUT2D eigenvalue weighted by Gasteiger charge is 2.31. The Bertz CT molecular complexity index is 465. The lowest BCUT2D eigenvalue weighted by Crippen LogP contribution is -2.59. The van der Waals surface area contributed by atoms with E-state index in [9.17, 15) is 0 Å². The van der Waals surface area contributed by atoms with E-state index in [1.54, 1.807) is 7.11 Å². The van der Waals surface area contributed by atoms with Crippen LogP contribution in [0.25, 0.3) is 0 Å². The number of nitrogens with one attached hydrogen (secondary N) is 2. The monoisotopic (exact) mass is 431 g/mol. The summed E-state index contributed by atoms with van der Waals surface area (Å²) in [7, 11) is 1.59. The van der Waals surface area contributed by atoms with Crippen LogP contribution in [0.15, 0.2) is 0 Å². The quantitative estimate of drug-likeness (QED) is 0.171. The van der Waals surface area contributed by atoms with Crippen molar-refractivity contribution in [3.8, 4) is 0 Å². The van der Waals surface area contributed by atoms with Gasteiger partial charge >= 0.3 is 0 Å². The SMILES string of the molecule is COC(C)(N)COC(C)(C)CCC1NC(CCN)CC(CC(N)CC(N)CCN)N1. The molecule has 6 unspecified atom stereocenters. The maximum Gasteiger partial charge on any atom is 0.137 e. The van der Waals surface area contributed by atoms with Crippen molar-refractivity contribution in [1.29, 1.82) is 0 Å². The minimum atomic E-state index is -0.781. The first kappa shape index (κ1) is 27.7. The molecule has 1 saturated heterocycles. The van der Waals surface area contributed by atoms with Crippen LogP contribution in [0.1, 0.15) is 65.7 Å². The molecule has 1 aliphatic rings. The van der Waals surface area contributed by atoms with Crippen LogP contribution in [0.5, 0.6) is 0 Å². The van der Waals surface area contributed by atoms with Crippen molar-refractivity contribution in [2.24, 2.45) is 28.7 Å². The van der Waals surface area contributed by atoms with Crippen LogP contribution >= 0.6 is 0 Å². The first-order valence-electron chi connectivity index (χ1n) is 11.4. The molecule has 30 heavy (non-hydrogen) atoms. The highest BCUT2D eigenvalue weighted by molar-refractivity contribution is 4.90. The van der Waals surface area contributed by atoms with Gasteiger partial charge in [-0.2, -0.15) is 0 Å². The van der Waals surface area contributed by atoms with Gasteiger partial charge in [-0.1, -0.05) is 0 Å². The van der Waals surface area contributed by atoms with Crippen molar-refractivity contribution in [2.45, 2.75) is 107 Å². The predicted octanol–water partition coefficient (Wildman–Crippen LogP) is -0.338. The molecule has 0 aromatic rings. The molecular weight excluding hydrogens is 382 g/mol. The molecule has 1 rings (SSSR count). The molecule has 1 fully saturated rings. The molecule has 0 aromatic heterocycles. The van der Waals surface area contributed by atoms with Gasteiger partial charge in [-0.25, -0.2) is 0 Å². The van der Waals surface area contributed by atoms with E-state index in [0.29, 0.717) is 31.8 Å². The zero-order valence-electron chi connectivity index (χ0n) is 19.7. The van der Waals surface area contributed by atoms with Gasteiger partial charge in [0, 0.05) is 31.3 Å². The van der Waals surface area contributed by atoms with E-state index in [4.69, 9.17) is 38.1 Å². The number of nitrogens with two attached hydrogens (primary N) is 5. The molecular formula is C21H49N7O2. The summed E-state index contributed by atoms with van der Waals surface area (Å²) in [6.45, 7) is 7.61. The Morgan fingerprint density at radius 1 is 1.00 bits per heavy atom. The third-order valence-electron chi connectivity index (χ3n) is 5.94. The molecule has 6 atom stereocenters. The molecule has 0 spiro atoms. The van der Waals surface area contributed by atoms with Crippen molar-refractivity contribution in [3.63, 3.8) is 0 Å². The van der Waals surface area contributed by atoms with Gasteiger partial charge in [0.1, 0.15) is 5.72 Å². The lowest BCUT2D eigenvalue weighted by atomic mass is 9.91. The van der Waals surface area contributed by atoms with E-state index in [1.165, 1.54) is 0 Å². The summed E-state index contributed by atoms with van der Waals surface area (Å²) in [6.07, 6.45) is 6.49. The second-order valence-electron chi connectivity index (χ2n) is 9.77. The molecule has 0 saturated carbocycles. The first-order chi connectivity index (χ1) is 14.0. The third kappa shape index (κ3) is 11.3. The highest BCUT2D eigenvalue weighted by Crippen LogP contribution is 2.22. The summed E-state index contributed by atoms with van der Waals surface area (Å²) in [5.41, 5.74) is 28.9. The fourth-order valence-corrected chi connectivity index (χ4v) is 3.97. The van der Waals surface area contributed by atoms with E-state index >= 15 is 0 Å². The van der Waals surface area contributed by atoms with Crippen LogP contribution in [0.4, 0.5) is 0 Å². The van der Waals surface area contributed by atoms with E-state index in [-0.39, 0.29) is 23.9 Å². The zero-order chi connectivity index (χ0) is 22.8. The normalized spacial score (nSPS) is 26.9. The Hall–Kier alpha value is -0.360. The second-order valence-corrected chi connectivity index (χ2v) is 9.77. The van der Waals surface area contributed by atoms with Crippen LogP contribution in [-0.2, 0) is 9.47 Å². The average molecular weight is 432 g/mol. The number of methoxy groups -OCH3 is 1. The molecule has 0 bridgehead atoms. The van der Waals surface area contributed by atoms with E-state index in [0.717, 1.165) is 44.9 Å². The number of hydrogen-bond acceptors (Lipinski definition) is 9. The minimum Gasteiger partial charge on any atom is -0.371 e. The van der Waals surface area contributed by atoms with Crippen LogP contribution in [-0.4, -0.2) is 68.5 Å². The van der Waals surface area contributed by atoms with Gasteiger partial charge in [0.25, 0.3) is 0 Å². The Morgan fingerprint density at radius 2 is 1.67 bits per heavy atom. The first-order valence-corrected chi connectivity index (χ1v) is 11.4. The van der Waals surface area contributed by atoms with Crippen molar-refractivity contribution in [1.82, 2.24) is 10.6 Å². The molecule has 9 heteroatoms. The summed E-state index contributed by atoms with van der Waals surface area (Å²) in [5, 5.41) is 7.43. The van der Waals surface area contributed by atoms with Gasteiger partial charge in [0.15, 0.2) is 0 Å². The molecule has 0 radical (unpaired) electrons. The Morgan fingerprint density at radius 3 is 2.27 bits per heavy atom. The Kier molecular flexibility index (Phi) is 12.2. The number of ether oxygens (including phenoxy) is 2. The summed E-state index contributed by atoms with van der Waals surface area (Å²) in [6, 6.07) is 0.872. The van der Waals surface area contributed by atoms with Crippen molar-refractivity contribution >= 4 is 0 Å². The average Bonchev–Trinajstić information content (AvgIpc) is 2.65. The molecule has 180 valence electrons. The van der Waals surface area contributed by atoms with E-state index < -0.39 is 5.72 Å².